The van der Waals surface area contributed by atoms with Crippen LogP contribution in [0.2, 0.25) is 0 Å². The van der Waals surface area contributed by atoms with E-state index < -0.39 is 6.09 Å². The molecule has 2 amide bonds. The van der Waals surface area contributed by atoms with E-state index in [0.29, 0.717) is 18.8 Å². The number of amides is 2. The zero-order valence-electron chi connectivity index (χ0n) is 24.6. The van der Waals surface area contributed by atoms with Crippen molar-refractivity contribution < 1.29 is 14.3 Å². The molecule has 0 saturated heterocycles. The van der Waals surface area contributed by atoms with Gasteiger partial charge in [0.15, 0.2) is 0 Å². The topological polar surface area (TPSA) is 107 Å². The number of nitrogens with zero attached hydrogens (tertiary/aromatic N) is 3. The first-order valence-electron chi connectivity index (χ1n) is 14.1. The summed E-state index contributed by atoms with van der Waals surface area (Å²) in [4.78, 5) is 34.2. The van der Waals surface area contributed by atoms with E-state index in [1.54, 1.807) is 4.90 Å². The molecule has 9 nitrogen and oxygen atoms in total. The standard InChI is InChI=1S/C31H48N6O3/c1-5-6-7-8-9-10-11-12-13-14-15-16-17-18-19-20-21-22-23-24-28(38)32-25-26-40-31(39)36-29-33-27(2)34-30(35-29)37(3)4/h6-7,9-10,12-13,15-16,18-19,21-22,27H,5,8,11,14,17,20,23-26H2,1-4H3,(H,32,38)(H2,33,34,35,36,39). The maximum absolute atomic E-state index is 12.0. The van der Waals surface area contributed by atoms with Crippen LogP contribution in [-0.4, -0.2) is 62.2 Å². The highest BCUT2D eigenvalue weighted by Crippen LogP contribution is 2.00. The van der Waals surface area contributed by atoms with Crippen LogP contribution < -0.4 is 16.0 Å². The van der Waals surface area contributed by atoms with E-state index in [1.807, 2.05) is 27.1 Å². The van der Waals surface area contributed by atoms with E-state index in [0.717, 1.165) is 38.5 Å². The number of rotatable bonds is 17. The van der Waals surface area contributed by atoms with Gasteiger partial charge in [0, 0.05) is 20.5 Å². The van der Waals surface area contributed by atoms with Crippen LogP contribution in [0.15, 0.2) is 82.9 Å². The molecule has 0 bridgehead atoms. The monoisotopic (exact) mass is 552 g/mol. The molecule has 0 saturated carbocycles. The lowest BCUT2D eigenvalue weighted by Gasteiger charge is -2.23. The summed E-state index contributed by atoms with van der Waals surface area (Å²) in [5.41, 5.74) is 0. The first kappa shape index (κ1) is 34.1. The fraction of sp³-hybridized carbons (Fsp3) is 0.484. The van der Waals surface area contributed by atoms with Gasteiger partial charge in [-0.1, -0.05) is 79.8 Å². The molecule has 0 radical (unpaired) electrons. The number of alkyl carbamates (subject to hydrolysis) is 1. The van der Waals surface area contributed by atoms with E-state index in [2.05, 4.69) is 99.7 Å². The molecule has 1 aliphatic heterocycles. The van der Waals surface area contributed by atoms with Crippen LogP contribution >= 0.6 is 0 Å². The lowest BCUT2D eigenvalue weighted by molar-refractivity contribution is -0.121. The highest BCUT2D eigenvalue weighted by Gasteiger charge is 2.17. The Hall–Kier alpha value is -3.88. The van der Waals surface area contributed by atoms with E-state index in [1.165, 1.54) is 0 Å². The largest absolute Gasteiger partial charge is 0.447 e. The second kappa shape index (κ2) is 23.0. The SMILES string of the molecule is CCC=CCC=CCC=CCC=CCC=CCC=CCCC(=O)NCCOC(=O)NC1=NC(C)N=C(N(C)C)N1. The molecule has 220 valence electrons. The van der Waals surface area contributed by atoms with Crippen molar-refractivity contribution in [3.8, 4) is 0 Å². The minimum Gasteiger partial charge on any atom is -0.447 e. The molecule has 1 heterocycles. The molecule has 3 N–H and O–H groups in total. The van der Waals surface area contributed by atoms with Crippen molar-refractivity contribution in [3.63, 3.8) is 0 Å². The van der Waals surface area contributed by atoms with Crippen LogP contribution in [0.5, 0.6) is 0 Å². The first-order valence-corrected chi connectivity index (χ1v) is 14.1. The highest BCUT2D eigenvalue weighted by molar-refractivity contribution is 6.05. The molecule has 1 atom stereocenters. The summed E-state index contributed by atoms with van der Waals surface area (Å²) in [5.74, 6) is 0.788. The Bertz CT molecular complexity index is 974. The summed E-state index contributed by atoms with van der Waals surface area (Å²) >= 11 is 0. The fourth-order valence-electron chi connectivity index (χ4n) is 3.26. The normalized spacial score (nSPS) is 15.8. The van der Waals surface area contributed by atoms with Gasteiger partial charge in [-0.15, -0.1) is 0 Å². The third-order valence-electron chi connectivity index (χ3n) is 5.29. The van der Waals surface area contributed by atoms with Gasteiger partial charge in [-0.25, -0.2) is 14.8 Å². The zero-order chi connectivity index (χ0) is 29.3. The Kier molecular flexibility index (Phi) is 19.7. The van der Waals surface area contributed by atoms with Crippen LogP contribution in [-0.2, 0) is 9.53 Å². The number of carbonyl (C=O) groups is 2. The maximum atomic E-state index is 12.0. The number of allylic oxidation sites excluding steroid dienone is 12. The third-order valence-corrected chi connectivity index (χ3v) is 5.29. The average Bonchev–Trinajstić information content (AvgIpc) is 2.92. The molecule has 9 heteroatoms. The fourth-order valence-corrected chi connectivity index (χ4v) is 3.26. The van der Waals surface area contributed by atoms with Crippen molar-refractivity contribution in [1.29, 1.82) is 0 Å². The van der Waals surface area contributed by atoms with Gasteiger partial charge in [0.1, 0.15) is 12.8 Å². The summed E-state index contributed by atoms with van der Waals surface area (Å²) in [6, 6.07) is 0. The summed E-state index contributed by atoms with van der Waals surface area (Å²) < 4.78 is 5.10. The molecule has 40 heavy (non-hydrogen) atoms. The van der Waals surface area contributed by atoms with Gasteiger partial charge in [-0.3, -0.25) is 15.4 Å². The van der Waals surface area contributed by atoms with Gasteiger partial charge in [-0.05, 0) is 51.9 Å². The van der Waals surface area contributed by atoms with Crippen molar-refractivity contribution in [2.24, 2.45) is 9.98 Å². The van der Waals surface area contributed by atoms with Crippen LogP contribution in [0.3, 0.4) is 0 Å². The second-order valence-electron chi connectivity index (χ2n) is 9.15. The van der Waals surface area contributed by atoms with Gasteiger partial charge in [0.2, 0.25) is 17.8 Å². The number of aliphatic imine (C=N–C) groups is 2. The molecule has 0 spiro atoms. The van der Waals surface area contributed by atoms with Crippen LogP contribution in [0.4, 0.5) is 4.79 Å². The average molecular weight is 553 g/mol. The molecule has 1 unspecified atom stereocenters. The van der Waals surface area contributed by atoms with E-state index in [4.69, 9.17) is 4.74 Å². The van der Waals surface area contributed by atoms with Gasteiger partial charge in [0.25, 0.3) is 0 Å². The Labute approximate surface area is 240 Å². The predicted molar refractivity (Wildman–Crippen MR) is 166 cm³/mol. The quantitative estimate of drug-likeness (QED) is 0.162. The summed E-state index contributed by atoms with van der Waals surface area (Å²) in [6.45, 7) is 4.27. The molecular weight excluding hydrogens is 504 g/mol. The summed E-state index contributed by atoms with van der Waals surface area (Å²) in [6.07, 6.45) is 31.8. The van der Waals surface area contributed by atoms with Crippen molar-refractivity contribution in [1.82, 2.24) is 20.9 Å². The van der Waals surface area contributed by atoms with Gasteiger partial charge in [-0.2, -0.15) is 0 Å². The number of guanidine groups is 2. The number of hydrogen-bond donors (Lipinski definition) is 3. The van der Waals surface area contributed by atoms with Crippen molar-refractivity contribution in [3.05, 3.63) is 72.9 Å². The molecule has 0 aliphatic carbocycles. The van der Waals surface area contributed by atoms with Gasteiger partial charge < -0.3 is 15.0 Å². The molecule has 1 aliphatic rings. The van der Waals surface area contributed by atoms with Gasteiger partial charge in [0.05, 0.1) is 6.54 Å². The maximum Gasteiger partial charge on any atom is 0.414 e. The summed E-state index contributed by atoms with van der Waals surface area (Å²) in [7, 11) is 3.68. The number of nitrogens with one attached hydrogen (secondary N) is 3. The second-order valence-corrected chi connectivity index (χ2v) is 9.15. The van der Waals surface area contributed by atoms with Crippen LogP contribution in [0.1, 0.15) is 65.2 Å². The van der Waals surface area contributed by atoms with Crippen LogP contribution in [0, 0.1) is 0 Å². The smallest absolute Gasteiger partial charge is 0.414 e. The Morgan fingerprint density at radius 1 is 0.850 bits per heavy atom. The zero-order valence-corrected chi connectivity index (χ0v) is 24.6. The van der Waals surface area contributed by atoms with E-state index in [9.17, 15) is 9.59 Å². The predicted octanol–water partition coefficient (Wildman–Crippen LogP) is 5.53. The Morgan fingerprint density at radius 2 is 1.38 bits per heavy atom. The lowest BCUT2D eigenvalue weighted by atomic mass is 10.2. The van der Waals surface area contributed by atoms with Crippen LogP contribution in [0.25, 0.3) is 0 Å². The Balaban J connectivity index is 2.02. The molecular formula is C31H48N6O3. The van der Waals surface area contributed by atoms with E-state index >= 15 is 0 Å². The minimum atomic E-state index is -0.648. The van der Waals surface area contributed by atoms with Crippen molar-refractivity contribution >= 4 is 23.9 Å². The van der Waals surface area contributed by atoms with E-state index in [-0.39, 0.29) is 31.2 Å². The Morgan fingerprint density at radius 3 is 1.90 bits per heavy atom. The number of ether oxygens (including phenoxy) is 1. The molecule has 0 aromatic rings. The molecule has 0 aromatic heterocycles. The lowest BCUT2D eigenvalue weighted by Crippen LogP contribution is -2.51. The molecule has 1 rings (SSSR count). The van der Waals surface area contributed by atoms with Crippen molar-refractivity contribution in [2.75, 3.05) is 27.2 Å². The van der Waals surface area contributed by atoms with Gasteiger partial charge >= 0.3 is 6.09 Å². The first-order chi connectivity index (χ1) is 19.4. The number of hydrogen-bond acceptors (Lipinski definition) is 7. The highest BCUT2D eigenvalue weighted by atomic mass is 16.5. The summed E-state index contributed by atoms with van der Waals surface area (Å²) in [5, 5.41) is 8.21. The number of carbonyl (C=O) groups excluding carboxylic acids is 2. The van der Waals surface area contributed by atoms with Crippen molar-refractivity contribution in [2.45, 2.75) is 71.4 Å². The molecule has 0 fully saturated rings. The minimum absolute atomic E-state index is 0.0644. The molecule has 0 aromatic carbocycles. The third kappa shape index (κ3) is 19.2.